The lowest BCUT2D eigenvalue weighted by molar-refractivity contribution is 0.0504. The van der Waals surface area contributed by atoms with Gasteiger partial charge in [0.05, 0.1) is 6.54 Å². The van der Waals surface area contributed by atoms with E-state index in [0.29, 0.717) is 18.5 Å². The van der Waals surface area contributed by atoms with Gasteiger partial charge in [-0.05, 0) is 32.6 Å². The molecule has 0 radical (unpaired) electrons. The van der Waals surface area contributed by atoms with E-state index in [1.54, 1.807) is 0 Å². The molecule has 1 fully saturated rings. The molecule has 1 saturated heterocycles. The predicted octanol–water partition coefficient (Wildman–Crippen LogP) is 0.870. The maximum atomic E-state index is 8.59. The van der Waals surface area contributed by atoms with E-state index in [4.69, 9.17) is 15.7 Å². The van der Waals surface area contributed by atoms with Gasteiger partial charge in [-0.15, -0.1) is 0 Å². The minimum absolute atomic E-state index is 0.278. The van der Waals surface area contributed by atoms with Crippen LogP contribution in [-0.2, 0) is 4.74 Å². The molecular formula is C11H23N3O2. The normalized spacial score (nSPS) is 19.6. The average Bonchev–Trinajstić information content (AvgIpc) is 2.29. The first kappa shape index (κ1) is 13.3. The van der Waals surface area contributed by atoms with Crippen molar-refractivity contribution in [1.82, 2.24) is 4.90 Å². The van der Waals surface area contributed by atoms with Crippen molar-refractivity contribution in [2.24, 2.45) is 16.8 Å². The van der Waals surface area contributed by atoms with Crippen molar-refractivity contribution in [2.45, 2.75) is 32.7 Å². The van der Waals surface area contributed by atoms with Crippen LogP contribution in [0.1, 0.15) is 26.7 Å². The van der Waals surface area contributed by atoms with E-state index in [-0.39, 0.29) is 5.84 Å². The second kappa shape index (κ2) is 6.70. The number of hydrogen-bond donors (Lipinski definition) is 2. The minimum atomic E-state index is 0.278. The van der Waals surface area contributed by atoms with Gasteiger partial charge in [0, 0.05) is 25.8 Å². The number of rotatable bonds is 5. The summed E-state index contributed by atoms with van der Waals surface area (Å²) < 4.78 is 5.34. The van der Waals surface area contributed by atoms with E-state index >= 15 is 0 Å². The number of amidine groups is 1. The topological polar surface area (TPSA) is 71.1 Å². The van der Waals surface area contributed by atoms with Crippen LogP contribution >= 0.6 is 0 Å². The van der Waals surface area contributed by atoms with Gasteiger partial charge in [0.25, 0.3) is 0 Å². The first-order chi connectivity index (χ1) is 7.63. The van der Waals surface area contributed by atoms with Gasteiger partial charge in [-0.3, -0.25) is 4.90 Å². The lowest BCUT2D eigenvalue weighted by Gasteiger charge is -2.31. The molecule has 1 rings (SSSR count). The molecule has 3 N–H and O–H groups in total. The third-order valence-corrected chi connectivity index (χ3v) is 3.06. The molecule has 0 bridgehead atoms. The Hall–Kier alpha value is -0.810. The Morgan fingerprint density at radius 1 is 1.50 bits per heavy atom. The molecule has 0 aliphatic carbocycles. The van der Waals surface area contributed by atoms with E-state index in [1.165, 1.54) is 0 Å². The van der Waals surface area contributed by atoms with Crippen molar-refractivity contribution in [1.29, 1.82) is 0 Å². The van der Waals surface area contributed by atoms with Crippen LogP contribution in [-0.4, -0.2) is 48.3 Å². The van der Waals surface area contributed by atoms with E-state index in [1.807, 2.05) is 0 Å². The highest BCUT2D eigenvalue weighted by Gasteiger charge is 2.20. The Balaban J connectivity index is 2.43. The highest BCUT2D eigenvalue weighted by molar-refractivity contribution is 5.81. The maximum absolute atomic E-state index is 8.59. The lowest BCUT2D eigenvalue weighted by Crippen LogP contribution is -2.42. The van der Waals surface area contributed by atoms with Gasteiger partial charge in [-0.2, -0.15) is 0 Å². The number of ether oxygens (including phenoxy) is 1. The summed E-state index contributed by atoms with van der Waals surface area (Å²) >= 11 is 0. The Labute approximate surface area is 97.2 Å². The molecule has 0 saturated carbocycles. The van der Waals surface area contributed by atoms with Gasteiger partial charge >= 0.3 is 0 Å². The SMILES string of the molecule is CC(C)N(CC(N)=NO)CC1CCOCC1. The zero-order valence-corrected chi connectivity index (χ0v) is 10.2. The van der Waals surface area contributed by atoms with Crippen LogP contribution in [0.5, 0.6) is 0 Å². The monoisotopic (exact) mass is 229 g/mol. The van der Waals surface area contributed by atoms with Crippen LogP contribution in [0.25, 0.3) is 0 Å². The smallest absolute Gasteiger partial charge is 0.153 e. The third-order valence-electron chi connectivity index (χ3n) is 3.06. The van der Waals surface area contributed by atoms with Gasteiger partial charge in [0.15, 0.2) is 5.84 Å². The summed E-state index contributed by atoms with van der Waals surface area (Å²) in [6, 6.07) is 0.406. The summed E-state index contributed by atoms with van der Waals surface area (Å²) in [5.74, 6) is 0.948. The zero-order chi connectivity index (χ0) is 12.0. The van der Waals surface area contributed by atoms with E-state index < -0.39 is 0 Å². The second-order valence-corrected chi connectivity index (χ2v) is 4.67. The summed E-state index contributed by atoms with van der Waals surface area (Å²) in [4.78, 5) is 2.24. The number of oxime groups is 1. The molecule has 1 aliphatic rings. The number of nitrogens with two attached hydrogens (primary N) is 1. The molecule has 0 aromatic rings. The zero-order valence-electron chi connectivity index (χ0n) is 10.2. The second-order valence-electron chi connectivity index (χ2n) is 4.67. The van der Waals surface area contributed by atoms with Gasteiger partial charge < -0.3 is 15.7 Å². The van der Waals surface area contributed by atoms with Crippen LogP contribution in [0.3, 0.4) is 0 Å². The fourth-order valence-corrected chi connectivity index (χ4v) is 1.96. The Kier molecular flexibility index (Phi) is 5.55. The van der Waals surface area contributed by atoms with Gasteiger partial charge in [-0.25, -0.2) is 0 Å². The van der Waals surface area contributed by atoms with Gasteiger partial charge in [0.1, 0.15) is 0 Å². The van der Waals surface area contributed by atoms with Gasteiger partial charge in [0.2, 0.25) is 0 Å². The summed E-state index contributed by atoms with van der Waals surface area (Å²) in [5.41, 5.74) is 5.55. The standard InChI is InChI=1S/C11H23N3O2/c1-9(2)14(8-11(12)13-15)7-10-3-5-16-6-4-10/h9-10,15H,3-8H2,1-2H3,(H2,12,13). The molecule has 1 heterocycles. The average molecular weight is 229 g/mol. The van der Waals surface area contributed by atoms with Crippen molar-refractivity contribution in [3.05, 3.63) is 0 Å². The van der Waals surface area contributed by atoms with Crippen molar-refractivity contribution in [3.63, 3.8) is 0 Å². The fourth-order valence-electron chi connectivity index (χ4n) is 1.96. The third kappa shape index (κ3) is 4.37. The quantitative estimate of drug-likeness (QED) is 0.317. The molecule has 0 spiro atoms. The van der Waals surface area contributed by atoms with Crippen molar-refractivity contribution in [3.8, 4) is 0 Å². The summed E-state index contributed by atoms with van der Waals surface area (Å²) in [7, 11) is 0. The largest absolute Gasteiger partial charge is 0.409 e. The molecule has 1 aliphatic heterocycles. The minimum Gasteiger partial charge on any atom is -0.409 e. The van der Waals surface area contributed by atoms with E-state index in [9.17, 15) is 0 Å². The maximum Gasteiger partial charge on any atom is 0.153 e. The molecule has 16 heavy (non-hydrogen) atoms. The molecule has 0 aromatic heterocycles. The molecule has 0 atom stereocenters. The summed E-state index contributed by atoms with van der Waals surface area (Å²) in [6.07, 6.45) is 2.22. The van der Waals surface area contributed by atoms with Crippen LogP contribution < -0.4 is 5.73 Å². The van der Waals surface area contributed by atoms with E-state index in [2.05, 4.69) is 23.9 Å². The van der Waals surface area contributed by atoms with Crippen molar-refractivity contribution < 1.29 is 9.94 Å². The van der Waals surface area contributed by atoms with Crippen LogP contribution in [0.2, 0.25) is 0 Å². The van der Waals surface area contributed by atoms with Gasteiger partial charge in [-0.1, -0.05) is 5.16 Å². The predicted molar refractivity (Wildman–Crippen MR) is 63.7 cm³/mol. The first-order valence-electron chi connectivity index (χ1n) is 5.91. The number of nitrogens with zero attached hydrogens (tertiary/aromatic N) is 2. The van der Waals surface area contributed by atoms with Crippen LogP contribution in [0, 0.1) is 5.92 Å². The van der Waals surface area contributed by atoms with Crippen molar-refractivity contribution in [2.75, 3.05) is 26.3 Å². The molecule has 5 nitrogen and oxygen atoms in total. The molecule has 0 aromatic carbocycles. The van der Waals surface area contributed by atoms with E-state index in [0.717, 1.165) is 32.6 Å². The number of hydrogen-bond acceptors (Lipinski definition) is 4. The Morgan fingerprint density at radius 2 is 2.12 bits per heavy atom. The molecule has 0 unspecified atom stereocenters. The Morgan fingerprint density at radius 3 is 2.62 bits per heavy atom. The van der Waals surface area contributed by atoms with Crippen LogP contribution in [0.4, 0.5) is 0 Å². The Bertz CT molecular complexity index is 225. The lowest BCUT2D eigenvalue weighted by atomic mass is 9.99. The molecule has 94 valence electrons. The molecule has 0 amide bonds. The molecule has 5 heteroatoms. The first-order valence-corrected chi connectivity index (χ1v) is 5.91. The molecular weight excluding hydrogens is 206 g/mol. The highest BCUT2D eigenvalue weighted by Crippen LogP contribution is 2.17. The highest BCUT2D eigenvalue weighted by atomic mass is 16.5. The summed E-state index contributed by atoms with van der Waals surface area (Å²) in [5, 5.41) is 11.6. The van der Waals surface area contributed by atoms with Crippen LogP contribution in [0.15, 0.2) is 5.16 Å². The van der Waals surface area contributed by atoms with Crippen molar-refractivity contribution >= 4 is 5.84 Å². The summed E-state index contributed by atoms with van der Waals surface area (Å²) in [6.45, 7) is 7.51. The fraction of sp³-hybridized carbons (Fsp3) is 0.909.